The summed E-state index contributed by atoms with van der Waals surface area (Å²) in [7, 11) is 0. The van der Waals surface area contributed by atoms with Crippen LogP contribution in [-0.4, -0.2) is 23.2 Å². The maximum atomic E-state index is 12.5. The zero-order chi connectivity index (χ0) is 17.5. The van der Waals surface area contributed by atoms with Crippen molar-refractivity contribution >= 4 is 29.0 Å². The van der Waals surface area contributed by atoms with Gasteiger partial charge >= 0.3 is 5.69 Å². The van der Waals surface area contributed by atoms with Crippen molar-refractivity contribution in [3.63, 3.8) is 0 Å². The maximum Gasteiger partial charge on any atom is 0.310 e. The van der Waals surface area contributed by atoms with Crippen molar-refractivity contribution in [3.8, 4) is 5.75 Å². The van der Waals surface area contributed by atoms with Gasteiger partial charge in [-0.15, -0.1) is 0 Å². The van der Waals surface area contributed by atoms with Gasteiger partial charge in [0.1, 0.15) is 0 Å². The first-order valence-corrected chi connectivity index (χ1v) is 7.55. The summed E-state index contributed by atoms with van der Waals surface area (Å²) >= 11 is 0.310. The number of hydrogen-bond donors (Lipinski definition) is 1. The van der Waals surface area contributed by atoms with Crippen LogP contribution in [0.15, 0.2) is 53.4 Å². The number of nitrogens with one attached hydrogen (secondary N) is 1. The second kappa shape index (κ2) is 8.25. The van der Waals surface area contributed by atoms with Gasteiger partial charge in [0, 0.05) is 11.0 Å². The lowest BCUT2D eigenvalue weighted by Gasteiger charge is -2.11. The molecular weight excluding hydrogens is 342 g/mol. The first kappa shape index (κ1) is 17.7. The number of nitro benzene ring substituents is 1. The number of benzene rings is 2. The van der Waals surface area contributed by atoms with Crippen LogP contribution < -0.4 is 10.1 Å². The minimum absolute atomic E-state index is 0.0482. The van der Waals surface area contributed by atoms with Gasteiger partial charge in [0.05, 0.1) is 10.6 Å². The average Bonchev–Trinajstić information content (AvgIpc) is 2.54. The van der Waals surface area contributed by atoms with Crippen LogP contribution in [0.25, 0.3) is 0 Å². The lowest BCUT2D eigenvalue weighted by Crippen LogP contribution is -2.20. The quantitative estimate of drug-likeness (QED) is 0.463. The number of para-hydroxylation sites is 3. The molecule has 2 rings (SSSR count). The van der Waals surface area contributed by atoms with E-state index in [0.29, 0.717) is 11.8 Å². The third-order valence-electron chi connectivity index (χ3n) is 2.80. The highest BCUT2D eigenvalue weighted by atomic mass is 32.2. The smallest absolute Gasteiger partial charge is 0.310 e. The average molecular weight is 354 g/mol. The summed E-state index contributed by atoms with van der Waals surface area (Å²) in [6.07, 6.45) is 0. The molecule has 0 heterocycles. The fourth-order valence-corrected chi connectivity index (χ4v) is 2.42. The van der Waals surface area contributed by atoms with Crippen molar-refractivity contribution in [2.45, 2.75) is 10.7 Å². The first-order valence-electron chi connectivity index (χ1n) is 6.67. The monoisotopic (exact) mass is 354 g/mol. The van der Waals surface area contributed by atoms with Crippen LogP contribution in [0.3, 0.4) is 0 Å². The molecule has 0 fully saturated rings. The van der Waals surface area contributed by atoms with Crippen molar-refractivity contribution in [2.75, 3.05) is 11.9 Å². The summed E-state index contributed by atoms with van der Waals surface area (Å²) in [5.74, 6) is -3.28. The Bertz CT molecular complexity index is 743. The third kappa shape index (κ3) is 4.92. The molecule has 9 heteroatoms. The summed E-state index contributed by atoms with van der Waals surface area (Å²) in [4.78, 5) is 22.3. The minimum Gasteiger partial charge on any atom is -0.477 e. The van der Waals surface area contributed by atoms with E-state index in [4.69, 9.17) is 4.74 Å². The maximum absolute atomic E-state index is 12.5. The van der Waals surface area contributed by atoms with Crippen LogP contribution in [0.4, 0.5) is 20.2 Å². The molecule has 0 saturated carbocycles. The van der Waals surface area contributed by atoms with Gasteiger partial charge in [-0.25, -0.2) is 0 Å². The van der Waals surface area contributed by atoms with Crippen molar-refractivity contribution < 1.29 is 23.2 Å². The van der Waals surface area contributed by atoms with Gasteiger partial charge < -0.3 is 10.1 Å². The second-order valence-electron chi connectivity index (χ2n) is 4.44. The fourth-order valence-electron chi connectivity index (χ4n) is 1.83. The molecule has 24 heavy (non-hydrogen) atoms. The summed E-state index contributed by atoms with van der Waals surface area (Å²) in [6, 6.07) is 11.7. The van der Waals surface area contributed by atoms with Gasteiger partial charge in [-0.3, -0.25) is 14.9 Å². The largest absolute Gasteiger partial charge is 0.477 e. The van der Waals surface area contributed by atoms with E-state index in [1.165, 1.54) is 36.4 Å². The Morgan fingerprint density at radius 3 is 2.58 bits per heavy atom. The molecule has 0 aliphatic heterocycles. The van der Waals surface area contributed by atoms with E-state index in [-0.39, 0.29) is 22.0 Å². The van der Waals surface area contributed by atoms with Crippen LogP contribution in [-0.2, 0) is 4.79 Å². The number of rotatable bonds is 7. The van der Waals surface area contributed by atoms with Gasteiger partial charge in [0.15, 0.2) is 12.4 Å². The minimum atomic E-state index is -2.62. The lowest BCUT2D eigenvalue weighted by atomic mass is 10.3. The van der Waals surface area contributed by atoms with Crippen molar-refractivity contribution in [3.05, 3.63) is 58.6 Å². The summed E-state index contributed by atoms with van der Waals surface area (Å²) in [5, 5.41) is 13.3. The number of thioether (sulfide) groups is 1. The molecule has 126 valence electrons. The number of amides is 1. The molecule has 2 aromatic rings. The number of alkyl halides is 2. The Morgan fingerprint density at radius 1 is 1.21 bits per heavy atom. The standard InChI is InChI=1S/C15H12F2N2O4S/c16-15(17)24-13-8-4-1-5-10(13)18-14(20)9-23-12-7-3-2-6-11(12)19(21)22/h1-8,15H,9H2,(H,18,20). The highest BCUT2D eigenvalue weighted by molar-refractivity contribution is 7.99. The predicted molar refractivity (Wildman–Crippen MR) is 85.5 cm³/mol. The summed E-state index contributed by atoms with van der Waals surface area (Å²) in [6.45, 7) is -0.488. The summed E-state index contributed by atoms with van der Waals surface area (Å²) in [5.41, 5.74) is -0.0436. The molecule has 6 nitrogen and oxygen atoms in total. The normalized spacial score (nSPS) is 10.5. The number of anilines is 1. The Morgan fingerprint density at radius 2 is 1.88 bits per heavy atom. The highest BCUT2D eigenvalue weighted by Crippen LogP contribution is 2.31. The van der Waals surface area contributed by atoms with E-state index in [2.05, 4.69) is 5.32 Å². The number of halogens is 2. The van der Waals surface area contributed by atoms with E-state index in [1.54, 1.807) is 12.1 Å². The topological polar surface area (TPSA) is 81.5 Å². The molecule has 0 unspecified atom stereocenters. The van der Waals surface area contributed by atoms with Crippen molar-refractivity contribution in [1.82, 2.24) is 0 Å². The molecule has 0 saturated heterocycles. The molecule has 0 atom stereocenters. The van der Waals surface area contributed by atoms with Gasteiger partial charge in [-0.05, 0) is 18.2 Å². The SMILES string of the molecule is O=C(COc1ccccc1[N+](=O)[O-])Nc1ccccc1SC(F)F. The van der Waals surface area contributed by atoms with Crippen molar-refractivity contribution in [1.29, 1.82) is 0 Å². The Kier molecular flexibility index (Phi) is 6.07. The fraction of sp³-hybridized carbons (Fsp3) is 0.133. The zero-order valence-electron chi connectivity index (χ0n) is 12.1. The number of carbonyl (C=O) groups excluding carboxylic acids is 1. The van der Waals surface area contributed by atoms with Crippen LogP contribution in [0.2, 0.25) is 0 Å². The molecule has 1 N–H and O–H groups in total. The number of carbonyl (C=O) groups is 1. The van der Waals surface area contributed by atoms with Crippen molar-refractivity contribution in [2.24, 2.45) is 0 Å². The molecule has 0 spiro atoms. The van der Waals surface area contributed by atoms with Crippen LogP contribution in [0.5, 0.6) is 5.75 Å². The van der Waals surface area contributed by atoms with E-state index < -0.39 is 23.2 Å². The molecule has 1 amide bonds. The summed E-state index contributed by atoms with van der Waals surface area (Å²) < 4.78 is 30.1. The highest BCUT2D eigenvalue weighted by Gasteiger charge is 2.16. The van der Waals surface area contributed by atoms with E-state index in [9.17, 15) is 23.7 Å². The van der Waals surface area contributed by atoms with Gasteiger partial charge in [-0.2, -0.15) is 8.78 Å². The molecule has 0 bridgehead atoms. The third-order valence-corrected chi connectivity index (χ3v) is 3.59. The second-order valence-corrected chi connectivity index (χ2v) is 5.47. The first-order chi connectivity index (χ1) is 11.5. The van der Waals surface area contributed by atoms with E-state index in [1.807, 2.05) is 0 Å². The Labute approximate surface area is 140 Å². The Balaban J connectivity index is 2.01. The predicted octanol–water partition coefficient (Wildman–Crippen LogP) is 3.93. The molecule has 2 aromatic carbocycles. The Hall–Kier alpha value is -2.68. The number of ether oxygens (including phenoxy) is 1. The molecule has 0 aromatic heterocycles. The van der Waals surface area contributed by atoms with Crippen LogP contribution in [0, 0.1) is 10.1 Å². The van der Waals surface area contributed by atoms with Gasteiger partial charge in [0.25, 0.3) is 11.7 Å². The molecular formula is C15H12F2N2O4S. The van der Waals surface area contributed by atoms with E-state index in [0.717, 1.165) is 0 Å². The molecule has 0 aliphatic rings. The van der Waals surface area contributed by atoms with Crippen LogP contribution in [0.1, 0.15) is 0 Å². The number of nitro groups is 1. The lowest BCUT2D eigenvalue weighted by molar-refractivity contribution is -0.385. The number of hydrogen-bond acceptors (Lipinski definition) is 5. The molecule has 0 aliphatic carbocycles. The van der Waals surface area contributed by atoms with E-state index >= 15 is 0 Å². The zero-order valence-corrected chi connectivity index (χ0v) is 13.0. The van der Waals surface area contributed by atoms with Gasteiger partial charge in [-0.1, -0.05) is 36.0 Å². The molecule has 0 radical (unpaired) electrons. The van der Waals surface area contributed by atoms with Gasteiger partial charge in [0.2, 0.25) is 0 Å². The van der Waals surface area contributed by atoms with Crippen LogP contribution >= 0.6 is 11.8 Å². The number of nitrogens with zero attached hydrogens (tertiary/aromatic N) is 1.